The molecule has 4 heteroatoms. The molecule has 0 fully saturated rings. The molecule has 2 N–H and O–H groups in total. The molecule has 0 atom stereocenters. The van der Waals surface area contributed by atoms with Gasteiger partial charge in [-0.1, -0.05) is 41.5 Å². The fourth-order valence-corrected chi connectivity index (χ4v) is 3.07. The first kappa shape index (κ1) is 12.4. The predicted octanol–water partition coefficient (Wildman–Crippen LogP) is 3.57. The van der Waals surface area contributed by atoms with Crippen molar-refractivity contribution in [3.05, 3.63) is 16.8 Å². The SMILES string of the molecule is CC(C)(C)c1nc2scc(C(C)(C)C)n2c1N. The normalized spacial score (nSPS) is 13.5. The Balaban J connectivity index is 2.74. The summed E-state index contributed by atoms with van der Waals surface area (Å²) >= 11 is 1.66. The molecule has 2 aromatic heterocycles. The standard InChI is InChI=1S/C13H21N3S/c1-12(2,3)8-7-17-11-15-9(13(4,5)6)10(14)16(8)11/h7H,14H2,1-6H3. The highest BCUT2D eigenvalue weighted by molar-refractivity contribution is 7.15. The summed E-state index contributed by atoms with van der Waals surface area (Å²) in [7, 11) is 0. The Morgan fingerprint density at radius 3 is 2.18 bits per heavy atom. The molecule has 0 spiro atoms. The van der Waals surface area contributed by atoms with Crippen LogP contribution in [0.3, 0.4) is 0 Å². The van der Waals surface area contributed by atoms with E-state index in [4.69, 9.17) is 5.73 Å². The van der Waals surface area contributed by atoms with E-state index in [9.17, 15) is 0 Å². The van der Waals surface area contributed by atoms with Gasteiger partial charge in [0.15, 0.2) is 4.96 Å². The van der Waals surface area contributed by atoms with Crippen molar-refractivity contribution in [1.82, 2.24) is 9.38 Å². The topological polar surface area (TPSA) is 43.3 Å². The van der Waals surface area contributed by atoms with Crippen molar-refractivity contribution in [1.29, 1.82) is 0 Å². The number of hydrogen-bond acceptors (Lipinski definition) is 3. The van der Waals surface area contributed by atoms with Crippen LogP contribution in [-0.4, -0.2) is 9.38 Å². The fourth-order valence-electron chi connectivity index (χ4n) is 1.95. The molecule has 3 nitrogen and oxygen atoms in total. The number of nitrogen functional groups attached to an aromatic ring is 1. The van der Waals surface area contributed by atoms with Crippen LogP contribution < -0.4 is 5.73 Å². The molecule has 0 saturated carbocycles. The lowest BCUT2D eigenvalue weighted by Gasteiger charge is -2.19. The number of aromatic nitrogens is 2. The molecule has 0 unspecified atom stereocenters. The minimum absolute atomic E-state index is 0.00895. The molecule has 0 amide bonds. The lowest BCUT2D eigenvalue weighted by atomic mass is 9.91. The summed E-state index contributed by atoms with van der Waals surface area (Å²) in [6, 6.07) is 0. The van der Waals surface area contributed by atoms with Crippen molar-refractivity contribution in [2.24, 2.45) is 0 Å². The predicted molar refractivity (Wildman–Crippen MR) is 74.9 cm³/mol. The van der Waals surface area contributed by atoms with E-state index >= 15 is 0 Å². The van der Waals surface area contributed by atoms with Crippen LogP contribution in [0.15, 0.2) is 5.38 Å². The Kier molecular flexibility index (Phi) is 2.54. The Labute approximate surface area is 107 Å². The van der Waals surface area contributed by atoms with Gasteiger partial charge >= 0.3 is 0 Å². The first-order valence-corrected chi connectivity index (χ1v) is 6.76. The number of nitrogens with two attached hydrogens (primary N) is 1. The minimum atomic E-state index is -0.00895. The number of nitrogens with zero attached hydrogens (tertiary/aromatic N) is 2. The summed E-state index contributed by atoms with van der Waals surface area (Å²) in [5.41, 5.74) is 8.58. The van der Waals surface area contributed by atoms with Crippen LogP contribution in [-0.2, 0) is 10.8 Å². The number of hydrogen-bond donors (Lipinski definition) is 1. The number of imidazole rings is 1. The van der Waals surface area contributed by atoms with Crippen LogP contribution in [0, 0.1) is 0 Å². The first-order chi connectivity index (χ1) is 7.62. The fraction of sp³-hybridized carbons (Fsp3) is 0.615. The molecule has 0 aliphatic rings. The Bertz CT molecular complexity index is 549. The summed E-state index contributed by atoms with van der Waals surface area (Å²) in [5.74, 6) is 0.790. The van der Waals surface area contributed by atoms with E-state index in [1.165, 1.54) is 5.69 Å². The lowest BCUT2D eigenvalue weighted by molar-refractivity contribution is 0.561. The average molecular weight is 251 g/mol. The zero-order valence-corrected chi connectivity index (χ0v) is 12.3. The van der Waals surface area contributed by atoms with E-state index in [0.29, 0.717) is 0 Å². The van der Waals surface area contributed by atoms with Crippen molar-refractivity contribution >= 4 is 22.1 Å². The van der Waals surface area contributed by atoms with Crippen LogP contribution in [0.5, 0.6) is 0 Å². The summed E-state index contributed by atoms with van der Waals surface area (Å²) in [4.78, 5) is 5.67. The van der Waals surface area contributed by atoms with Gasteiger partial charge < -0.3 is 5.73 Å². The summed E-state index contributed by atoms with van der Waals surface area (Å²) in [5, 5.41) is 2.16. The molecule has 0 saturated heterocycles. The first-order valence-electron chi connectivity index (χ1n) is 5.89. The quantitative estimate of drug-likeness (QED) is 0.778. The smallest absolute Gasteiger partial charge is 0.195 e. The third-order valence-corrected chi connectivity index (χ3v) is 3.70. The van der Waals surface area contributed by atoms with Gasteiger partial charge in [-0.25, -0.2) is 4.98 Å². The van der Waals surface area contributed by atoms with E-state index in [2.05, 4.69) is 56.3 Å². The molecule has 0 aliphatic carbocycles. The molecule has 0 aliphatic heterocycles. The number of thiazole rings is 1. The molecule has 2 heterocycles. The van der Waals surface area contributed by atoms with Crippen molar-refractivity contribution < 1.29 is 0 Å². The highest BCUT2D eigenvalue weighted by Crippen LogP contribution is 2.34. The maximum atomic E-state index is 6.27. The van der Waals surface area contributed by atoms with E-state index in [0.717, 1.165) is 16.5 Å². The van der Waals surface area contributed by atoms with E-state index < -0.39 is 0 Å². The van der Waals surface area contributed by atoms with Gasteiger partial charge in [-0.15, -0.1) is 11.3 Å². The average Bonchev–Trinajstić information content (AvgIpc) is 2.63. The third kappa shape index (κ3) is 1.95. The monoisotopic (exact) mass is 251 g/mol. The number of rotatable bonds is 0. The lowest BCUT2D eigenvalue weighted by Crippen LogP contribution is -2.17. The highest BCUT2D eigenvalue weighted by atomic mass is 32.1. The number of anilines is 1. The molecule has 0 bridgehead atoms. The summed E-state index contributed by atoms with van der Waals surface area (Å²) in [6.45, 7) is 13.0. The zero-order valence-electron chi connectivity index (χ0n) is 11.5. The Morgan fingerprint density at radius 1 is 1.12 bits per heavy atom. The maximum Gasteiger partial charge on any atom is 0.195 e. The third-order valence-electron chi connectivity index (χ3n) is 2.88. The summed E-state index contributed by atoms with van der Waals surface area (Å²) in [6.07, 6.45) is 0. The van der Waals surface area contributed by atoms with Crippen molar-refractivity contribution in [2.75, 3.05) is 5.73 Å². The Hall–Kier alpha value is -1.03. The molecule has 0 aromatic carbocycles. The van der Waals surface area contributed by atoms with Gasteiger partial charge in [-0.2, -0.15) is 0 Å². The molecule has 17 heavy (non-hydrogen) atoms. The van der Waals surface area contributed by atoms with Crippen LogP contribution in [0.4, 0.5) is 5.82 Å². The molecular weight excluding hydrogens is 230 g/mol. The van der Waals surface area contributed by atoms with Crippen LogP contribution >= 0.6 is 11.3 Å². The van der Waals surface area contributed by atoms with E-state index in [1.54, 1.807) is 11.3 Å². The van der Waals surface area contributed by atoms with Gasteiger partial charge in [0, 0.05) is 21.9 Å². The molecule has 0 radical (unpaired) electrons. The van der Waals surface area contributed by atoms with E-state index in [1.807, 2.05) is 0 Å². The molecule has 94 valence electrons. The van der Waals surface area contributed by atoms with Crippen LogP contribution in [0.1, 0.15) is 52.9 Å². The van der Waals surface area contributed by atoms with Gasteiger partial charge in [0.05, 0.1) is 5.69 Å². The van der Waals surface area contributed by atoms with Gasteiger partial charge in [0.2, 0.25) is 0 Å². The second kappa shape index (κ2) is 3.48. The van der Waals surface area contributed by atoms with Crippen LogP contribution in [0.2, 0.25) is 0 Å². The van der Waals surface area contributed by atoms with Gasteiger partial charge in [-0.3, -0.25) is 4.40 Å². The van der Waals surface area contributed by atoms with Crippen LogP contribution in [0.25, 0.3) is 4.96 Å². The molecule has 2 aromatic rings. The largest absolute Gasteiger partial charge is 0.383 e. The molecular formula is C13H21N3S. The summed E-state index contributed by atoms with van der Waals surface area (Å²) < 4.78 is 2.10. The second-order valence-corrected chi connectivity index (χ2v) is 7.42. The van der Waals surface area contributed by atoms with E-state index in [-0.39, 0.29) is 10.8 Å². The maximum absolute atomic E-state index is 6.27. The van der Waals surface area contributed by atoms with Crippen molar-refractivity contribution in [3.8, 4) is 0 Å². The molecule has 2 rings (SSSR count). The van der Waals surface area contributed by atoms with Crippen molar-refractivity contribution in [2.45, 2.75) is 52.4 Å². The van der Waals surface area contributed by atoms with Gasteiger partial charge in [-0.05, 0) is 0 Å². The van der Waals surface area contributed by atoms with Gasteiger partial charge in [0.25, 0.3) is 0 Å². The zero-order chi connectivity index (χ0) is 13.0. The number of fused-ring (bicyclic) bond motifs is 1. The Morgan fingerprint density at radius 2 is 1.71 bits per heavy atom. The minimum Gasteiger partial charge on any atom is -0.383 e. The van der Waals surface area contributed by atoms with Gasteiger partial charge in [0.1, 0.15) is 5.82 Å². The highest BCUT2D eigenvalue weighted by Gasteiger charge is 2.27. The van der Waals surface area contributed by atoms with Crippen molar-refractivity contribution in [3.63, 3.8) is 0 Å². The second-order valence-electron chi connectivity index (χ2n) is 6.58.